The molecule has 184 valence electrons. The van der Waals surface area contributed by atoms with Gasteiger partial charge in [-0.15, -0.1) is 10.2 Å². The number of benzene rings is 2. The second kappa shape index (κ2) is 10.9. The summed E-state index contributed by atoms with van der Waals surface area (Å²) < 4.78 is 6.33. The van der Waals surface area contributed by atoms with Crippen molar-refractivity contribution in [1.82, 2.24) is 15.2 Å². The van der Waals surface area contributed by atoms with E-state index < -0.39 is 0 Å². The number of halogens is 1. The van der Waals surface area contributed by atoms with E-state index in [1.54, 1.807) is 6.26 Å². The molecule has 0 unspecified atom stereocenters. The Hall–Kier alpha value is -3.14. The van der Waals surface area contributed by atoms with Gasteiger partial charge in [0.05, 0.1) is 17.7 Å². The molecule has 1 aliphatic heterocycles. The Balaban J connectivity index is 1.24. The first-order valence-corrected chi connectivity index (χ1v) is 13.7. The first kappa shape index (κ1) is 24.5. The molecule has 0 bridgehead atoms. The number of nitrogens with one attached hydrogen (secondary N) is 1. The van der Waals surface area contributed by atoms with E-state index in [1.165, 1.54) is 33.7 Å². The molecule has 0 radical (unpaired) electrons. The van der Waals surface area contributed by atoms with Crippen molar-refractivity contribution in [1.29, 1.82) is 0 Å². The van der Waals surface area contributed by atoms with Gasteiger partial charge in [0.1, 0.15) is 11.8 Å². The molecule has 5 rings (SSSR count). The number of thioether (sulfide) groups is 1. The van der Waals surface area contributed by atoms with Gasteiger partial charge >= 0.3 is 0 Å². The van der Waals surface area contributed by atoms with Crippen LogP contribution in [0.3, 0.4) is 0 Å². The zero-order valence-electron chi connectivity index (χ0n) is 19.7. The zero-order chi connectivity index (χ0) is 25.1. The highest BCUT2D eigenvalue weighted by molar-refractivity contribution is 8.01. The molecule has 0 saturated heterocycles. The largest absolute Gasteiger partial charge is 0.467 e. The topological polar surface area (TPSA) is 83.6 Å². The number of anilines is 2. The number of hydrogen-bond acceptors (Lipinski definition) is 8. The van der Waals surface area contributed by atoms with Crippen molar-refractivity contribution in [2.75, 3.05) is 11.1 Å². The van der Waals surface area contributed by atoms with Crippen LogP contribution in [0.2, 0.25) is 5.02 Å². The van der Waals surface area contributed by atoms with Gasteiger partial charge in [0.2, 0.25) is 5.13 Å². The predicted molar refractivity (Wildman–Crippen MR) is 145 cm³/mol. The number of aromatic nitrogens is 2. The van der Waals surface area contributed by atoms with Crippen LogP contribution in [-0.2, 0) is 4.79 Å². The summed E-state index contributed by atoms with van der Waals surface area (Å²) in [5.74, 6) is 1.24. The van der Waals surface area contributed by atoms with Gasteiger partial charge in [-0.25, -0.2) is 5.01 Å². The number of nitrogens with zero attached hydrogens (tertiary/aromatic N) is 4. The molecule has 4 aromatic rings. The van der Waals surface area contributed by atoms with Gasteiger partial charge in [-0.3, -0.25) is 4.79 Å². The molecule has 0 spiro atoms. The van der Waals surface area contributed by atoms with E-state index in [1.807, 2.05) is 48.5 Å². The normalized spacial score (nSPS) is 15.4. The quantitative estimate of drug-likeness (QED) is 0.241. The highest BCUT2D eigenvalue weighted by Crippen LogP contribution is 2.35. The third-order valence-electron chi connectivity index (χ3n) is 5.77. The lowest BCUT2D eigenvalue weighted by Gasteiger charge is -2.19. The summed E-state index contributed by atoms with van der Waals surface area (Å²) in [5, 5.41) is 19.2. The molecule has 1 aliphatic rings. The summed E-state index contributed by atoms with van der Waals surface area (Å²) in [7, 11) is 0. The van der Waals surface area contributed by atoms with Crippen molar-refractivity contribution in [3.05, 3.63) is 88.8 Å². The van der Waals surface area contributed by atoms with Crippen LogP contribution in [0, 0.1) is 0 Å². The lowest BCUT2D eigenvalue weighted by Crippen LogP contribution is -2.28. The van der Waals surface area contributed by atoms with Gasteiger partial charge in [-0.2, -0.15) is 5.10 Å². The van der Waals surface area contributed by atoms with E-state index in [0.717, 1.165) is 17.0 Å². The molecule has 2 aromatic carbocycles. The Morgan fingerprint density at radius 3 is 2.64 bits per heavy atom. The van der Waals surface area contributed by atoms with E-state index in [4.69, 9.17) is 16.0 Å². The molecule has 0 fully saturated rings. The Kier molecular flexibility index (Phi) is 7.41. The zero-order valence-corrected chi connectivity index (χ0v) is 22.1. The molecule has 10 heteroatoms. The molecule has 1 N–H and O–H groups in total. The van der Waals surface area contributed by atoms with E-state index >= 15 is 0 Å². The third-order valence-corrected chi connectivity index (χ3v) is 7.98. The average molecular weight is 538 g/mol. The minimum absolute atomic E-state index is 0.126. The van der Waals surface area contributed by atoms with Crippen LogP contribution < -0.4 is 5.32 Å². The Morgan fingerprint density at radius 2 is 1.94 bits per heavy atom. The molecule has 0 saturated carbocycles. The summed E-state index contributed by atoms with van der Waals surface area (Å²) in [6, 6.07) is 19.1. The van der Waals surface area contributed by atoms with Crippen LogP contribution >= 0.6 is 34.7 Å². The monoisotopic (exact) mass is 537 g/mol. The lowest BCUT2D eigenvalue weighted by molar-refractivity contribution is -0.130. The first-order chi connectivity index (χ1) is 17.5. The maximum atomic E-state index is 13.2. The van der Waals surface area contributed by atoms with E-state index in [2.05, 4.69) is 46.6 Å². The van der Waals surface area contributed by atoms with E-state index in [9.17, 15) is 4.79 Å². The van der Waals surface area contributed by atoms with Crippen LogP contribution in [-0.4, -0.2) is 32.6 Å². The number of furan rings is 1. The molecule has 2 aromatic heterocycles. The summed E-state index contributed by atoms with van der Waals surface area (Å²) in [5.41, 5.74) is 3.98. The average Bonchev–Trinajstić information content (AvgIpc) is 3.64. The van der Waals surface area contributed by atoms with Gasteiger partial charge in [0.25, 0.3) is 5.91 Å². The molecule has 0 aliphatic carbocycles. The number of carbonyl (C=O) groups is 1. The fourth-order valence-corrected chi connectivity index (χ4v) is 5.59. The molecule has 7 nitrogen and oxygen atoms in total. The summed E-state index contributed by atoms with van der Waals surface area (Å²) >= 11 is 8.79. The molecule has 3 heterocycles. The Morgan fingerprint density at radius 1 is 1.17 bits per heavy atom. The van der Waals surface area contributed by atoms with Crippen molar-refractivity contribution < 1.29 is 9.21 Å². The summed E-state index contributed by atoms with van der Waals surface area (Å²) in [4.78, 5) is 13.2. The van der Waals surface area contributed by atoms with Gasteiger partial charge in [-0.1, -0.05) is 72.8 Å². The number of carbonyl (C=O) groups excluding carboxylic acids is 1. The maximum absolute atomic E-state index is 13.2. The predicted octanol–water partition coefficient (Wildman–Crippen LogP) is 7.12. The molecule has 1 atom stereocenters. The maximum Gasteiger partial charge on any atom is 0.253 e. The van der Waals surface area contributed by atoms with Gasteiger partial charge in [0, 0.05) is 17.1 Å². The van der Waals surface area contributed by atoms with E-state index in [0.29, 0.717) is 32.6 Å². The second-order valence-electron chi connectivity index (χ2n) is 8.59. The standard InChI is InChI=1S/C26H24ClN5O2S2/c1-16(2)17-7-11-20(12-8-17)28-25-29-30-26(36-25)35-15-24(33)32-22(23-4-3-13-34-23)14-21(31-32)18-5-9-19(27)10-6-18/h3-13,16,22H,14-15H2,1-2H3,(H,28,29)/t22-/m0/s1. The minimum Gasteiger partial charge on any atom is -0.467 e. The van der Waals surface area contributed by atoms with Crippen LogP contribution in [0.1, 0.15) is 49.1 Å². The van der Waals surface area contributed by atoms with Crippen molar-refractivity contribution in [3.8, 4) is 0 Å². The summed E-state index contributed by atoms with van der Waals surface area (Å²) in [6.07, 6.45) is 2.17. The number of rotatable bonds is 8. The lowest BCUT2D eigenvalue weighted by atomic mass is 10.0. The first-order valence-electron chi connectivity index (χ1n) is 11.5. The van der Waals surface area contributed by atoms with Crippen LogP contribution in [0.5, 0.6) is 0 Å². The summed E-state index contributed by atoms with van der Waals surface area (Å²) in [6.45, 7) is 4.33. The van der Waals surface area contributed by atoms with Crippen LogP contribution in [0.15, 0.2) is 80.8 Å². The Bertz CT molecular complexity index is 1350. The van der Waals surface area contributed by atoms with E-state index in [-0.39, 0.29) is 17.7 Å². The van der Waals surface area contributed by atoms with Crippen molar-refractivity contribution in [3.63, 3.8) is 0 Å². The second-order valence-corrected chi connectivity index (χ2v) is 11.2. The van der Waals surface area contributed by atoms with Crippen molar-refractivity contribution >= 4 is 57.1 Å². The molecule has 36 heavy (non-hydrogen) atoms. The highest BCUT2D eigenvalue weighted by atomic mass is 35.5. The van der Waals surface area contributed by atoms with Gasteiger partial charge in [0.15, 0.2) is 4.34 Å². The van der Waals surface area contributed by atoms with Gasteiger partial charge < -0.3 is 9.73 Å². The minimum atomic E-state index is -0.292. The number of hydrazone groups is 1. The third kappa shape index (κ3) is 5.64. The fraction of sp³-hybridized carbons (Fsp3) is 0.231. The van der Waals surface area contributed by atoms with Crippen molar-refractivity contribution in [2.24, 2.45) is 5.10 Å². The molecule has 1 amide bonds. The smallest absolute Gasteiger partial charge is 0.253 e. The van der Waals surface area contributed by atoms with Gasteiger partial charge in [-0.05, 0) is 53.4 Å². The number of amides is 1. The fourth-order valence-electron chi connectivity index (χ4n) is 3.84. The molecular weight excluding hydrogens is 514 g/mol. The highest BCUT2D eigenvalue weighted by Gasteiger charge is 2.34. The molecular formula is C26H24ClN5O2S2. The Labute approximate surface area is 222 Å². The van der Waals surface area contributed by atoms with Crippen LogP contribution in [0.4, 0.5) is 10.8 Å². The number of hydrogen-bond donors (Lipinski definition) is 1. The van der Waals surface area contributed by atoms with Crippen LogP contribution in [0.25, 0.3) is 0 Å². The SMILES string of the molecule is CC(C)c1ccc(Nc2nnc(SCC(=O)N3N=C(c4ccc(Cl)cc4)C[C@H]3c3ccco3)s2)cc1. The van der Waals surface area contributed by atoms with Crippen molar-refractivity contribution in [2.45, 2.75) is 36.6 Å².